The Morgan fingerprint density at radius 2 is 1.88 bits per heavy atom. The lowest BCUT2D eigenvalue weighted by molar-refractivity contribution is 0.183. The summed E-state index contributed by atoms with van der Waals surface area (Å²) in [6, 6.07) is 8.99. The van der Waals surface area contributed by atoms with Crippen LogP contribution in [0.4, 0.5) is 0 Å². The van der Waals surface area contributed by atoms with E-state index in [0.717, 1.165) is 37.2 Å². The highest BCUT2D eigenvalue weighted by molar-refractivity contribution is 6.31. The first-order valence-electron chi connectivity index (χ1n) is 8.96. The second kappa shape index (κ2) is 7.63. The number of hydrogen-bond acceptors (Lipinski definition) is 3. The normalized spacial score (nSPS) is 16.8. The Kier molecular flexibility index (Phi) is 5.50. The minimum absolute atomic E-state index is 0.0580. The van der Waals surface area contributed by atoms with E-state index in [-0.39, 0.29) is 17.4 Å². The molecule has 1 aromatic carbocycles. The van der Waals surface area contributed by atoms with Gasteiger partial charge in [-0.1, -0.05) is 36.2 Å². The molecule has 134 valence electrons. The van der Waals surface area contributed by atoms with Gasteiger partial charge < -0.3 is 9.67 Å². The number of rotatable bonds is 4. The molecule has 1 fully saturated rings. The van der Waals surface area contributed by atoms with Crippen molar-refractivity contribution in [3.05, 3.63) is 62.5 Å². The van der Waals surface area contributed by atoms with E-state index in [1.807, 2.05) is 38.1 Å². The molecule has 3 rings (SSSR count). The number of hydrogen-bond donors (Lipinski definition) is 1. The second-order valence-corrected chi connectivity index (χ2v) is 7.06. The zero-order chi connectivity index (χ0) is 18.0. The van der Waals surface area contributed by atoms with Crippen LogP contribution in [0.25, 0.3) is 0 Å². The maximum atomic E-state index is 13.1. The molecule has 0 aliphatic carbocycles. The van der Waals surface area contributed by atoms with Gasteiger partial charge in [0, 0.05) is 17.3 Å². The van der Waals surface area contributed by atoms with Gasteiger partial charge in [0.15, 0.2) is 0 Å². The summed E-state index contributed by atoms with van der Waals surface area (Å²) in [5, 5.41) is 11.3. The lowest BCUT2D eigenvalue weighted by atomic mass is 9.94. The Balaban J connectivity index is 2.22. The molecule has 1 aliphatic rings. The van der Waals surface area contributed by atoms with E-state index in [1.165, 1.54) is 6.42 Å². The van der Waals surface area contributed by atoms with Crippen molar-refractivity contribution in [3.63, 3.8) is 0 Å². The van der Waals surface area contributed by atoms with E-state index in [9.17, 15) is 9.90 Å². The summed E-state index contributed by atoms with van der Waals surface area (Å²) in [7, 11) is 0. The summed E-state index contributed by atoms with van der Waals surface area (Å²) in [5.74, 6) is 0.0580. The van der Waals surface area contributed by atoms with E-state index >= 15 is 0 Å². The van der Waals surface area contributed by atoms with Crippen molar-refractivity contribution < 1.29 is 5.11 Å². The minimum Gasteiger partial charge on any atom is -0.507 e. The van der Waals surface area contributed by atoms with Gasteiger partial charge in [0.25, 0.3) is 5.56 Å². The van der Waals surface area contributed by atoms with Crippen molar-refractivity contribution in [2.75, 3.05) is 13.1 Å². The number of benzene rings is 1. The predicted molar refractivity (Wildman–Crippen MR) is 101 cm³/mol. The van der Waals surface area contributed by atoms with Gasteiger partial charge in [-0.3, -0.25) is 9.69 Å². The fourth-order valence-electron chi connectivity index (χ4n) is 3.83. The molecule has 5 heteroatoms. The lowest BCUT2D eigenvalue weighted by Crippen LogP contribution is -2.38. The van der Waals surface area contributed by atoms with Crippen LogP contribution in [-0.2, 0) is 6.54 Å². The van der Waals surface area contributed by atoms with Crippen molar-refractivity contribution in [3.8, 4) is 5.75 Å². The van der Waals surface area contributed by atoms with Gasteiger partial charge >= 0.3 is 0 Å². The van der Waals surface area contributed by atoms with Crippen molar-refractivity contribution >= 4 is 11.6 Å². The third-order valence-electron chi connectivity index (χ3n) is 5.07. The van der Waals surface area contributed by atoms with Crippen LogP contribution in [0.5, 0.6) is 5.75 Å². The van der Waals surface area contributed by atoms with Gasteiger partial charge in [0.05, 0.1) is 11.6 Å². The SMILES string of the molecule is CCn1c(C)cc(O)c([C@@H](c2ccccc2Cl)N2CCCCC2)c1=O. The van der Waals surface area contributed by atoms with Crippen molar-refractivity contribution in [1.82, 2.24) is 9.47 Å². The number of pyridine rings is 1. The van der Waals surface area contributed by atoms with Crippen molar-refractivity contribution in [1.29, 1.82) is 0 Å². The smallest absolute Gasteiger partial charge is 0.259 e. The number of aryl methyl sites for hydroxylation is 1. The monoisotopic (exact) mass is 360 g/mol. The first-order chi connectivity index (χ1) is 12.0. The molecule has 25 heavy (non-hydrogen) atoms. The molecule has 0 bridgehead atoms. The van der Waals surface area contributed by atoms with Crippen LogP contribution in [0.2, 0.25) is 5.02 Å². The zero-order valence-electron chi connectivity index (χ0n) is 14.8. The van der Waals surface area contributed by atoms with Crippen molar-refractivity contribution in [2.45, 2.75) is 45.7 Å². The van der Waals surface area contributed by atoms with Gasteiger partial charge in [0.2, 0.25) is 0 Å². The van der Waals surface area contributed by atoms with E-state index in [0.29, 0.717) is 17.1 Å². The molecule has 0 spiro atoms. The zero-order valence-corrected chi connectivity index (χ0v) is 15.6. The quantitative estimate of drug-likeness (QED) is 0.892. The average Bonchev–Trinajstić information content (AvgIpc) is 2.60. The molecule has 4 nitrogen and oxygen atoms in total. The number of aromatic hydroxyl groups is 1. The maximum absolute atomic E-state index is 13.1. The summed E-state index contributed by atoms with van der Waals surface area (Å²) in [6.45, 7) is 6.16. The fourth-order valence-corrected chi connectivity index (χ4v) is 4.07. The molecule has 0 radical (unpaired) electrons. The summed E-state index contributed by atoms with van der Waals surface area (Å²) in [4.78, 5) is 15.4. The number of likely N-dealkylation sites (tertiary alicyclic amines) is 1. The highest BCUT2D eigenvalue weighted by atomic mass is 35.5. The largest absolute Gasteiger partial charge is 0.507 e. The van der Waals surface area contributed by atoms with Crippen LogP contribution < -0.4 is 5.56 Å². The molecule has 1 atom stereocenters. The first kappa shape index (κ1) is 18.0. The number of nitrogens with zero attached hydrogens (tertiary/aromatic N) is 2. The molecular weight excluding hydrogens is 336 g/mol. The number of halogens is 1. The minimum atomic E-state index is -0.320. The molecule has 0 unspecified atom stereocenters. The number of aromatic nitrogens is 1. The van der Waals surface area contributed by atoms with Crippen LogP contribution in [0.15, 0.2) is 35.1 Å². The predicted octanol–water partition coefficient (Wildman–Crippen LogP) is 4.11. The second-order valence-electron chi connectivity index (χ2n) is 6.65. The Labute approximate surface area is 153 Å². The topological polar surface area (TPSA) is 45.5 Å². The fraction of sp³-hybridized carbons (Fsp3) is 0.450. The summed E-state index contributed by atoms with van der Waals surface area (Å²) >= 11 is 6.48. The van der Waals surface area contributed by atoms with Gasteiger partial charge in [-0.2, -0.15) is 0 Å². The van der Waals surface area contributed by atoms with E-state index in [4.69, 9.17) is 11.6 Å². The van der Waals surface area contributed by atoms with Gasteiger partial charge in [0.1, 0.15) is 5.75 Å². The lowest BCUT2D eigenvalue weighted by Gasteiger charge is -2.35. The molecular formula is C20H25ClN2O2. The van der Waals surface area contributed by atoms with E-state index < -0.39 is 0 Å². The van der Waals surface area contributed by atoms with Gasteiger partial charge in [-0.05, 0) is 57.5 Å². The molecule has 1 aromatic heterocycles. The Morgan fingerprint density at radius 3 is 2.52 bits per heavy atom. The highest BCUT2D eigenvalue weighted by Crippen LogP contribution is 2.37. The molecule has 1 aliphatic heterocycles. The summed E-state index contributed by atoms with van der Waals surface area (Å²) < 4.78 is 1.71. The maximum Gasteiger partial charge on any atom is 0.259 e. The summed E-state index contributed by atoms with van der Waals surface area (Å²) in [5.41, 5.74) is 1.95. The van der Waals surface area contributed by atoms with Crippen molar-refractivity contribution in [2.24, 2.45) is 0 Å². The van der Waals surface area contributed by atoms with Gasteiger partial charge in [-0.25, -0.2) is 0 Å². The molecule has 0 amide bonds. The van der Waals surface area contributed by atoms with Crippen LogP contribution in [0.3, 0.4) is 0 Å². The molecule has 1 N–H and O–H groups in total. The van der Waals surface area contributed by atoms with Gasteiger partial charge in [-0.15, -0.1) is 0 Å². The molecule has 2 aromatic rings. The van der Waals surface area contributed by atoms with E-state index in [2.05, 4.69) is 4.90 Å². The average molecular weight is 361 g/mol. The first-order valence-corrected chi connectivity index (χ1v) is 9.34. The summed E-state index contributed by atoms with van der Waals surface area (Å²) in [6.07, 6.45) is 3.38. The highest BCUT2D eigenvalue weighted by Gasteiger charge is 2.31. The third-order valence-corrected chi connectivity index (χ3v) is 5.41. The molecule has 2 heterocycles. The molecule has 0 saturated carbocycles. The Hall–Kier alpha value is -1.78. The third kappa shape index (κ3) is 3.46. The Bertz CT molecular complexity index is 810. The van der Waals surface area contributed by atoms with Crippen LogP contribution >= 0.6 is 11.6 Å². The molecule has 1 saturated heterocycles. The van der Waals surface area contributed by atoms with Crippen LogP contribution in [0, 0.1) is 6.92 Å². The van der Waals surface area contributed by atoms with Crippen LogP contribution in [-0.4, -0.2) is 27.7 Å². The standard InChI is InChI=1S/C20H25ClN2O2/c1-3-23-14(2)13-17(24)18(20(23)25)19(22-11-7-4-8-12-22)15-9-5-6-10-16(15)21/h5-6,9-10,13,19,24H,3-4,7-8,11-12H2,1-2H3/t19-/m1/s1. The number of piperidine rings is 1. The Morgan fingerprint density at radius 1 is 1.20 bits per heavy atom. The van der Waals surface area contributed by atoms with E-state index in [1.54, 1.807) is 10.6 Å². The van der Waals surface area contributed by atoms with Crippen LogP contribution in [0.1, 0.15) is 49.0 Å².